The minimum atomic E-state index is -0.370. The van der Waals surface area contributed by atoms with Crippen molar-refractivity contribution in [2.75, 3.05) is 5.73 Å². The van der Waals surface area contributed by atoms with Crippen LogP contribution in [0.15, 0.2) is 18.2 Å². The third-order valence-corrected chi connectivity index (χ3v) is 3.78. The molecule has 1 aliphatic rings. The molecule has 106 valence electrons. The predicted molar refractivity (Wildman–Crippen MR) is 79.3 cm³/mol. The highest BCUT2D eigenvalue weighted by molar-refractivity contribution is 6.30. The van der Waals surface area contributed by atoms with E-state index in [4.69, 9.17) is 17.3 Å². The number of aromatic nitrogens is 2. The van der Waals surface area contributed by atoms with Crippen LogP contribution in [-0.4, -0.2) is 9.55 Å². The van der Waals surface area contributed by atoms with Crippen LogP contribution in [0.4, 0.5) is 10.2 Å². The summed E-state index contributed by atoms with van der Waals surface area (Å²) in [5.74, 6) is 1.77. The van der Waals surface area contributed by atoms with Gasteiger partial charge in [-0.3, -0.25) is 0 Å². The molecular formula is C15H17ClFN3. The van der Waals surface area contributed by atoms with E-state index in [0.29, 0.717) is 28.0 Å². The van der Waals surface area contributed by atoms with Crippen LogP contribution in [0.25, 0.3) is 11.3 Å². The summed E-state index contributed by atoms with van der Waals surface area (Å²) in [6.45, 7) is 2.95. The smallest absolute Gasteiger partial charge is 0.131 e. The number of nitrogens with two attached hydrogens (primary N) is 1. The lowest BCUT2D eigenvalue weighted by atomic mass is 10.1. The van der Waals surface area contributed by atoms with Crippen molar-refractivity contribution in [2.45, 2.75) is 38.6 Å². The van der Waals surface area contributed by atoms with E-state index in [1.807, 2.05) is 0 Å². The Bertz CT molecular complexity index is 627. The van der Waals surface area contributed by atoms with Gasteiger partial charge in [0.05, 0.1) is 0 Å². The number of benzene rings is 1. The third-order valence-electron chi connectivity index (χ3n) is 3.56. The second-order valence-electron chi connectivity index (χ2n) is 5.29. The summed E-state index contributed by atoms with van der Waals surface area (Å²) < 4.78 is 15.6. The number of hydrogen-bond donors (Lipinski definition) is 1. The number of nitrogen functional groups attached to an aromatic ring is 1. The summed E-state index contributed by atoms with van der Waals surface area (Å²) in [7, 11) is 0. The number of anilines is 1. The fraction of sp³-hybridized carbons (Fsp3) is 0.400. The lowest BCUT2D eigenvalue weighted by Gasteiger charge is -2.07. The molecule has 20 heavy (non-hydrogen) atoms. The first-order valence-electron chi connectivity index (χ1n) is 6.92. The molecule has 0 atom stereocenters. The highest BCUT2D eigenvalue weighted by atomic mass is 35.5. The SMILES string of the molecule is CCCn1c(C2CC2)nc(-c2cc(F)cc(Cl)c2)c1N. The molecule has 0 amide bonds. The molecule has 3 nitrogen and oxygen atoms in total. The van der Waals surface area contributed by atoms with Gasteiger partial charge in [-0.05, 0) is 37.5 Å². The summed E-state index contributed by atoms with van der Waals surface area (Å²) >= 11 is 5.92. The van der Waals surface area contributed by atoms with Gasteiger partial charge in [-0.1, -0.05) is 18.5 Å². The molecule has 0 saturated heterocycles. The average Bonchev–Trinajstić information content (AvgIpc) is 3.16. The van der Waals surface area contributed by atoms with E-state index in [1.165, 1.54) is 12.1 Å². The summed E-state index contributed by atoms with van der Waals surface area (Å²) in [6, 6.07) is 4.42. The second-order valence-corrected chi connectivity index (χ2v) is 5.72. The number of nitrogens with zero attached hydrogens (tertiary/aromatic N) is 2. The lowest BCUT2D eigenvalue weighted by Crippen LogP contribution is -2.06. The van der Waals surface area contributed by atoms with Crippen molar-refractivity contribution >= 4 is 17.4 Å². The summed E-state index contributed by atoms with van der Waals surface area (Å²) in [5.41, 5.74) is 7.51. The average molecular weight is 294 g/mol. The molecule has 0 bridgehead atoms. The van der Waals surface area contributed by atoms with Crippen LogP contribution in [0.2, 0.25) is 5.02 Å². The Morgan fingerprint density at radius 1 is 1.40 bits per heavy atom. The highest BCUT2D eigenvalue weighted by Gasteiger charge is 2.30. The van der Waals surface area contributed by atoms with E-state index in [1.54, 1.807) is 6.07 Å². The first-order valence-corrected chi connectivity index (χ1v) is 7.30. The maximum Gasteiger partial charge on any atom is 0.131 e. The Hall–Kier alpha value is -1.55. The predicted octanol–water partition coefficient (Wildman–Crippen LogP) is 4.21. The van der Waals surface area contributed by atoms with Gasteiger partial charge in [0.2, 0.25) is 0 Å². The molecule has 0 spiro atoms. The first-order chi connectivity index (χ1) is 9.60. The van der Waals surface area contributed by atoms with E-state index >= 15 is 0 Å². The Morgan fingerprint density at radius 3 is 2.75 bits per heavy atom. The van der Waals surface area contributed by atoms with Crippen LogP contribution in [0.1, 0.15) is 37.9 Å². The maximum atomic E-state index is 13.5. The van der Waals surface area contributed by atoms with Crippen LogP contribution in [0.3, 0.4) is 0 Å². The van der Waals surface area contributed by atoms with Gasteiger partial charge in [0.15, 0.2) is 0 Å². The number of hydrogen-bond acceptors (Lipinski definition) is 2. The molecule has 2 N–H and O–H groups in total. The van der Waals surface area contributed by atoms with Crippen molar-refractivity contribution in [3.8, 4) is 11.3 Å². The highest BCUT2D eigenvalue weighted by Crippen LogP contribution is 2.42. The Kier molecular flexibility index (Phi) is 3.42. The summed E-state index contributed by atoms with van der Waals surface area (Å²) in [5, 5.41) is 0.359. The van der Waals surface area contributed by atoms with Gasteiger partial charge >= 0.3 is 0 Å². The summed E-state index contributed by atoms with van der Waals surface area (Å²) in [6.07, 6.45) is 3.30. The van der Waals surface area contributed by atoms with Gasteiger partial charge < -0.3 is 10.3 Å². The van der Waals surface area contributed by atoms with Crippen LogP contribution in [-0.2, 0) is 6.54 Å². The Morgan fingerprint density at radius 2 is 2.15 bits per heavy atom. The minimum absolute atomic E-state index is 0.359. The topological polar surface area (TPSA) is 43.8 Å². The van der Waals surface area contributed by atoms with Crippen LogP contribution in [0, 0.1) is 5.82 Å². The van der Waals surface area contributed by atoms with Gasteiger partial charge in [0.1, 0.15) is 23.2 Å². The normalized spacial score (nSPS) is 14.8. The number of rotatable bonds is 4. The fourth-order valence-electron chi connectivity index (χ4n) is 2.50. The molecule has 0 aliphatic heterocycles. The molecule has 5 heteroatoms. The molecule has 3 rings (SSSR count). The monoisotopic (exact) mass is 293 g/mol. The lowest BCUT2D eigenvalue weighted by molar-refractivity contribution is 0.628. The van der Waals surface area contributed by atoms with Gasteiger partial charge in [-0.25, -0.2) is 9.37 Å². The second kappa shape index (κ2) is 5.09. The van der Waals surface area contributed by atoms with Gasteiger partial charge in [0, 0.05) is 23.0 Å². The van der Waals surface area contributed by atoms with Crippen molar-refractivity contribution in [1.29, 1.82) is 0 Å². The van der Waals surface area contributed by atoms with Gasteiger partial charge in [-0.2, -0.15) is 0 Å². The molecule has 1 fully saturated rings. The van der Waals surface area contributed by atoms with Crippen molar-refractivity contribution in [2.24, 2.45) is 0 Å². The van der Waals surface area contributed by atoms with Crippen LogP contribution < -0.4 is 5.73 Å². The van der Waals surface area contributed by atoms with Crippen molar-refractivity contribution in [3.63, 3.8) is 0 Å². The fourth-order valence-corrected chi connectivity index (χ4v) is 2.72. The zero-order valence-electron chi connectivity index (χ0n) is 11.4. The van der Waals surface area contributed by atoms with Crippen molar-refractivity contribution < 1.29 is 4.39 Å². The number of imidazole rings is 1. The van der Waals surface area contributed by atoms with E-state index in [9.17, 15) is 4.39 Å². The molecular weight excluding hydrogens is 277 g/mol. The zero-order valence-corrected chi connectivity index (χ0v) is 12.1. The molecule has 1 aromatic carbocycles. The minimum Gasteiger partial charge on any atom is -0.383 e. The van der Waals surface area contributed by atoms with E-state index in [2.05, 4.69) is 16.5 Å². The van der Waals surface area contributed by atoms with E-state index < -0.39 is 0 Å². The molecule has 1 heterocycles. The molecule has 0 radical (unpaired) electrons. The van der Waals surface area contributed by atoms with Crippen LogP contribution in [0.5, 0.6) is 0 Å². The maximum absolute atomic E-state index is 13.5. The molecule has 1 aromatic heterocycles. The zero-order chi connectivity index (χ0) is 14.3. The first kappa shape index (κ1) is 13.4. The van der Waals surface area contributed by atoms with Crippen molar-refractivity contribution in [1.82, 2.24) is 9.55 Å². The third kappa shape index (κ3) is 2.40. The molecule has 1 aliphatic carbocycles. The van der Waals surface area contributed by atoms with Crippen LogP contribution >= 0.6 is 11.6 Å². The van der Waals surface area contributed by atoms with E-state index in [-0.39, 0.29) is 5.82 Å². The standard InChI is InChI=1S/C15H17ClFN3/c1-2-5-20-14(18)13(19-15(20)9-3-4-9)10-6-11(16)8-12(17)7-10/h6-9H,2-5,18H2,1H3. The Labute approximate surface area is 122 Å². The number of halogens is 2. The summed E-state index contributed by atoms with van der Waals surface area (Å²) in [4.78, 5) is 4.66. The van der Waals surface area contributed by atoms with Gasteiger partial charge in [-0.15, -0.1) is 0 Å². The molecule has 1 saturated carbocycles. The van der Waals surface area contributed by atoms with Gasteiger partial charge in [0.25, 0.3) is 0 Å². The quantitative estimate of drug-likeness (QED) is 0.917. The van der Waals surface area contributed by atoms with E-state index in [0.717, 1.165) is 31.6 Å². The Balaban J connectivity index is 2.11. The molecule has 2 aromatic rings. The van der Waals surface area contributed by atoms with Crippen molar-refractivity contribution in [3.05, 3.63) is 34.9 Å². The molecule has 0 unspecified atom stereocenters. The largest absolute Gasteiger partial charge is 0.383 e.